The fraction of sp³-hybridized carbons (Fsp3) is 0.364. The third kappa shape index (κ3) is 2.39. The summed E-state index contributed by atoms with van der Waals surface area (Å²) in [6, 6.07) is 5.80. The summed E-state index contributed by atoms with van der Waals surface area (Å²) in [4.78, 5) is 11.4. The normalized spacial score (nSPS) is 10.1. The van der Waals surface area contributed by atoms with Gasteiger partial charge in [0.05, 0.1) is 6.54 Å². The molecule has 0 unspecified atom stereocenters. The second-order valence-electron chi connectivity index (χ2n) is 3.25. The number of hydrogen-bond donors (Lipinski definition) is 1. The molecule has 13 heavy (non-hydrogen) atoms. The monoisotopic (exact) mass is 177 g/mol. The Hall–Kier alpha value is -1.15. The number of carbonyl (C=O) groups excluding carboxylic acids is 1. The van der Waals surface area contributed by atoms with Gasteiger partial charge in [0.1, 0.15) is 0 Å². The fourth-order valence-corrected chi connectivity index (χ4v) is 1.18. The number of hydrogen-bond acceptors (Lipinski definition) is 2. The van der Waals surface area contributed by atoms with Crippen LogP contribution in [0.4, 0.5) is 0 Å². The zero-order valence-corrected chi connectivity index (χ0v) is 8.35. The van der Waals surface area contributed by atoms with Crippen molar-refractivity contribution in [1.29, 1.82) is 0 Å². The number of aryl methyl sites for hydroxylation is 2. The van der Waals surface area contributed by atoms with Gasteiger partial charge < -0.3 is 5.32 Å². The van der Waals surface area contributed by atoms with Crippen LogP contribution in [0.1, 0.15) is 21.5 Å². The van der Waals surface area contributed by atoms with Crippen LogP contribution in [0.5, 0.6) is 0 Å². The highest BCUT2D eigenvalue weighted by atomic mass is 16.1. The van der Waals surface area contributed by atoms with Crippen molar-refractivity contribution in [3.63, 3.8) is 0 Å². The quantitative estimate of drug-likeness (QED) is 0.712. The Morgan fingerprint density at radius 2 is 2.00 bits per heavy atom. The summed E-state index contributed by atoms with van der Waals surface area (Å²) in [5, 5.41) is 2.85. The van der Waals surface area contributed by atoms with Crippen molar-refractivity contribution < 1.29 is 4.79 Å². The largest absolute Gasteiger partial charge is 0.313 e. The molecule has 0 aromatic heterocycles. The Kier molecular flexibility index (Phi) is 3.20. The van der Waals surface area contributed by atoms with Gasteiger partial charge in [0.25, 0.3) is 0 Å². The molecule has 2 nitrogen and oxygen atoms in total. The van der Waals surface area contributed by atoms with Crippen molar-refractivity contribution in [2.45, 2.75) is 13.8 Å². The van der Waals surface area contributed by atoms with Crippen LogP contribution < -0.4 is 5.32 Å². The molecule has 1 rings (SSSR count). The number of ketones is 1. The van der Waals surface area contributed by atoms with Gasteiger partial charge in [-0.1, -0.05) is 12.1 Å². The summed E-state index contributed by atoms with van der Waals surface area (Å²) in [6.45, 7) is 4.47. The number of Topliss-reactive ketones (excluding diaryl/α,β-unsaturated/α-hetero) is 1. The highest BCUT2D eigenvalue weighted by molar-refractivity contribution is 5.97. The van der Waals surface area contributed by atoms with E-state index in [1.54, 1.807) is 7.05 Å². The zero-order chi connectivity index (χ0) is 9.84. The fourth-order valence-electron chi connectivity index (χ4n) is 1.18. The van der Waals surface area contributed by atoms with Crippen molar-refractivity contribution in [3.05, 3.63) is 34.9 Å². The first-order valence-corrected chi connectivity index (χ1v) is 4.40. The van der Waals surface area contributed by atoms with Crippen LogP contribution in [0.2, 0.25) is 0 Å². The summed E-state index contributed by atoms with van der Waals surface area (Å²) >= 11 is 0. The van der Waals surface area contributed by atoms with E-state index in [0.717, 1.165) is 5.56 Å². The standard InChI is InChI=1S/C11H15NO/c1-8-4-5-10(6-9(8)2)11(13)7-12-3/h4-6,12H,7H2,1-3H3. The van der Waals surface area contributed by atoms with Crippen LogP contribution in [0.25, 0.3) is 0 Å². The Morgan fingerprint density at radius 1 is 1.31 bits per heavy atom. The molecule has 0 bridgehead atoms. The first kappa shape index (κ1) is 9.93. The maximum absolute atomic E-state index is 11.4. The topological polar surface area (TPSA) is 29.1 Å². The molecule has 0 atom stereocenters. The van der Waals surface area contributed by atoms with E-state index in [-0.39, 0.29) is 5.78 Å². The van der Waals surface area contributed by atoms with Crippen LogP contribution >= 0.6 is 0 Å². The highest BCUT2D eigenvalue weighted by Gasteiger charge is 2.04. The average molecular weight is 177 g/mol. The van der Waals surface area contributed by atoms with Gasteiger partial charge in [-0.25, -0.2) is 0 Å². The summed E-state index contributed by atoms with van der Waals surface area (Å²) in [7, 11) is 1.78. The molecule has 0 aliphatic rings. The lowest BCUT2D eigenvalue weighted by Crippen LogP contribution is -2.18. The first-order valence-electron chi connectivity index (χ1n) is 4.40. The Bertz CT molecular complexity index is 318. The van der Waals surface area contributed by atoms with Gasteiger partial charge in [-0.05, 0) is 38.1 Å². The third-order valence-electron chi connectivity index (χ3n) is 2.17. The second kappa shape index (κ2) is 4.19. The molecule has 1 aromatic rings. The number of nitrogens with one attached hydrogen (secondary N) is 1. The maximum Gasteiger partial charge on any atom is 0.176 e. The van der Waals surface area contributed by atoms with E-state index in [2.05, 4.69) is 5.32 Å². The van der Waals surface area contributed by atoms with Gasteiger partial charge in [-0.15, -0.1) is 0 Å². The molecule has 0 saturated carbocycles. The summed E-state index contributed by atoms with van der Waals surface area (Å²) in [5.41, 5.74) is 3.18. The van der Waals surface area contributed by atoms with Gasteiger partial charge in [-0.3, -0.25) is 4.79 Å². The van der Waals surface area contributed by atoms with E-state index in [4.69, 9.17) is 0 Å². The molecule has 70 valence electrons. The lowest BCUT2D eigenvalue weighted by Gasteiger charge is -2.03. The van der Waals surface area contributed by atoms with Gasteiger partial charge in [0.2, 0.25) is 0 Å². The molecule has 0 saturated heterocycles. The molecule has 0 aliphatic heterocycles. The lowest BCUT2D eigenvalue weighted by atomic mass is 10.0. The number of carbonyl (C=O) groups is 1. The summed E-state index contributed by atoms with van der Waals surface area (Å²) < 4.78 is 0. The molecule has 0 spiro atoms. The van der Waals surface area contributed by atoms with E-state index in [0.29, 0.717) is 6.54 Å². The predicted octanol–water partition coefficient (Wildman–Crippen LogP) is 1.71. The number of likely N-dealkylation sites (N-methyl/N-ethyl adjacent to an activating group) is 1. The van der Waals surface area contributed by atoms with Crippen LogP contribution in [0.3, 0.4) is 0 Å². The van der Waals surface area contributed by atoms with E-state index < -0.39 is 0 Å². The van der Waals surface area contributed by atoms with Gasteiger partial charge in [0.15, 0.2) is 5.78 Å². The molecule has 1 aromatic carbocycles. The van der Waals surface area contributed by atoms with Gasteiger partial charge in [0, 0.05) is 5.56 Å². The minimum atomic E-state index is 0.144. The van der Waals surface area contributed by atoms with E-state index in [1.807, 2.05) is 32.0 Å². The minimum absolute atomic E-state index is 0.144. The van der Waals surface area contributed by atoms with Crippen LogP contribution in [0, 0.1) is 13.8 Å². The number of rotatable bonds is 3. The zero-order valence-electron chi connectivity index (χ0n) is 8.35. The van der Waals surface area contributed by atoms with E-state index >= 15 is 0 Å². The first-order chi connectivity index (χ1) is 6.15. The maximum atomic E-state index is 11.4. The minimum Gasteiger partial charge on any atom is -0.313 e. The lowest BCUT2D eigenvalue weighted by molar-refractivity contribution is 0.0993. The number of benzene rings is 1. The van der Waals surface area contributed by atoms with Gasteiger partial charge >= 0.3 is 0 Å². The molecule has 1 N–H and O–H groups in total. The predicted molar refractivity (Wildman–Crippen MR) is 54.2 cm³/mol. The Labute approximate surface area is 79.0 Å². The summed E-state index contributed by atoms with van der Waals surface area (Å²) in [6.07, 6.45) is 0. The van der Waals surface area contributed by atoms with Crippen LogP contribution in [0.15, 0.2) is 18.2 Å². The molecule has 0 aliphatic carbocycles. The van der Waals surface area contributed by atoms with Gasteiger partial charge in [-0.2, -0.15) is 0 Å². The van der Waals surface area contributed by atoms with Crippen molar-refractivity contribution >= 4 is 5.78 Å². The SMILES string of the molecule is CNCC(=O)c1ccc(C)c(C)c1. The Morgan fingerprint density at radius 3 is 2.54 bits per heavy atom. The molecular formula is C11H15NO. The molecule has 2 heteroatoms. The molecule has 0 amide bonds. The van der Waals surface area contributed by atoms with Crippen LogP contribution in [-0.2, 0) is 0 Å². The molecule has 0 radical (unpaired) electrons. The molecule has 0 heterocycles. The third-order valence-corrected chi connectivity index (χ3v) is 2.17. The van der Waals surface area contributed by atoms with Crippen molar-refractivity contribution in [2.24, 2.45) is 0 Å². The second-order valence-corrected chi connectivity index (χ2v) is 3.25. The van der Waals surface area contributed by atoms with Crippen molar-refractivity contribution in [2.75, 3.05) is 13.6 Å². The van der Waals surface area contributed by atoms with E-state index in [9.17, 15) is 4.79 Å². The Balaban J connectivity index is 2.90. The molecule has 0 fully saturated rings. The van der Waals surface area contributed by atoms with E-state index in [1.165, 1.54) is 11.1 Å². The van der Waals surface area contributed by atoms with Crippen molar-refractivity contribution in [3.8, 4) is 0 Å². The average Bonchev–Trinajstić information content (AvgIpc) is 2.10. The van der Waals surface area contributed by atoms with Crippen LogP contribution in [-0.4, -0.2) is 19.4 Å². The summed E-state index contributed by atoms with van der Waals surface area (Å²) in [5.74, 6) is 0.144. The van der Waals surface area contributed by atoms with Crippen molar-refractivity contribution in [1.82, 2.24) is 5.32 Å². The smallest absolute Gasteiger partial charge is 0.176 e. The molecular weight excluding hydrogens is 162 g/mol. The highest BCUT2D eigenvalue weighted by Crippen LogP contribution is 2.09.